The Balaban J connectivity index is 2.57. The summed E-state index contributed by atoms with van der Waals surface area (Å²) in [5.41, 5.74) is 5.93. The predicted octanol–water partition coefficient (Wildman–Crippen LogP) is 1.66. The largest absolute Gasteiger partial charge is 0.452 e. The Labute approximate surface area is 104 Å². The number of hydrogen-bond donors (Lipinski definition) is 2. The normalized spacial score (nSPS) is 11.5. The summed E-state index contributed by atoms with van der Waals surface area (Å²) >= 11 is 5.93. The number of hydrogen-bond acceptors (Lipinski definition) is 3. The van der Waals surface area contributed by atoms with E-state index in [1.54, 1.807) is 12.1 Å². The third-order valence-electron chi connectivity index (χ3n) is 2.07. The Bertz CT molecular complexity index is 406. The average molecular weight is 257 g/mol. The summed E-state index contributed by atoms with van der Waals surface area (Å²) in [5.74, 6) is -0.527. The number of methoxy groups -OCH3 is 1. The molecule has 1 aromatic carbocycles. The highest BCUT2D eigenvalue weighted by Crippen LogP contribution is 2.20. The maximum Gasteiger partial charge on any atom is 0.425 e. The van der Waals surface area contributed by atoms with E-state index in [-0.39, 0.29) is 0 Å². The summed E-state index contributed by atoms with van der Waals surface area (Å²) in [6, 6.07) is 7.22. The van der Waals surface area contributed by atoms with E-state index >= 15 is 0 Å². The number of halogens is 1. The van der Waals surface area contributed by atoms with Crippen molar-refractivity contribution in [1.82, 2.24) is 10.9 Å². The number of rotatable bonds is 2. The molecule has 92 valence electrons. The molecule has 0 aliphatic heterocycles. The molecule has 1 unspecified atom stereocenters. The monoisotopic (exact) mass is 256 g/mol. The van der Waals surface area contributed by atoms with Gasteiger partial charge in [0, 0.05) is 0 Å². The van der Waals surface area contributed by atoms with Crippen LogP contribution < -0.4 is 10.9 Å². The Kier molecular flexibility index (Phi) is 4.78. The zero-order valence-electron chi connectivity index (χ0n) is 9.49. The summed E-state index contributed by atoms with van der Waals surface area (Å²) in [4.78, 5) is 22.3. The standard InChI is InChI=1S/C11H13ClN2O3/c1-7-3-5-8(6-4-7)9(12)10(15)13-14-11(16)17-2/h3-6,9H,1-2H3,(H,13,15)(H,14,16). The van der Waals surface area contributed by atoms with Gasteiger partial charge in [-0.05, 0) is 12.5 Å². The maximum atomic E-state index is 11.5. The predicted molar refractivity (Wildman–Crippen MR) is 63.5 cm³/mol. The zero-order chi connectivity index (χ0) is 12.8. The summed E-state index contributed by atoms with van der Waals surface area (Å²) in [6.45, 7) is 1.94. The zero-order valence-corrected chi connectivity index (χ0v) is 10.2. The van der Waals surface area contributed by atoms with E-state index in [9.17, 15) is 9.59 Å². The third kappa shape index (κ3) is 3.96. The highest BCUT2D eigenvalue weighted by atomic mass is 35.5. The number of alkyl halides is 1. The first-order chi connectivity index (χ1) is 8.04. The third-order valence-corrected chi connectivity index (χ3v) is 2.52. The van der Waals surface area contributed by atoms with Gasteiger partial charge in [-0.2, -0.15) is 0 Å². The van der Waals surface area contributed by atoms with Gasteiger partial charge in [-0.1, -0.05) is 29.8 Å². The van der Waals surface area contributed by atoms with Crippen molar-refractivity contribution in [2.24, 2.45) is 0 Å². The fraction of sp³-hybridized carbons (Fsp3) is 0.273. The van der Waals surface area contributed by atoms with Crippen molar-refractivity contribution < 1.29 is 14.3 Å². The second-order valence-corrected chi connectivity index (χ2v) is 3.82. The van der Waals surface area contributed by atoms with E-state index in [1.165, 1.54) is 7.11 Å². The van der Waals surface area contributed by atoms with E-state index < -0.39 is 17.4 Å². The Morgan fingerprint density at radius 1 is 1.24 bits per heavy atom. The van der Waals surface area contributed by atoms with Crippen molar-refractivity contribution in [2.75, 3.05) is 7.11 Å². The number of ether oxygens (including phenoxy) is 1. The number of carbonyl (C=O) groups excluding carboxylic acids is 2. The molecule has 1 aromatic rings. The lowest BCUT2D eigenvalue weighted by Crippen LogP contribution is -2.43. The molecular formula is C11H13ClN2O3. The van der Waals surface area contributed by atoms with Crippen LogP contribution in [0.4, 0.5) is 4.79 Å². The summed E-state index contributed by atoms with van der Waals surface area (Å²) in [7, 11) is 1.19. The molecule has 6 heteroatoms. The summed E-state index contributed by atoms with van der Waals surface area (Å²) in [6.07, 6.45) is -0.758. The lowest BCUT2D eigenvalue weighted by Gasteiger charge is -2.11. The van der Waals surface area contributed by atoms with Gasteiger partial charge in [0.1, 0.15) is 5.38 Å². The van der Waals surface area contributed by atoms with Gasteiger partial charge in [-0.15, -0.1) is 11.6 Å². The Morgan fingerprint density at radius 2 is 1.82 bits per heavy atom. The Hall–Kier alpha value is -1.75. The van der Waals surface area contributed by atoms with Gasteiger partial charge >= 0.3 is 6.09 Å². The van der Waals surface area contributed by atoms with Crippen molar-refractivity contribution >= 4 is 23.6 Å². The van der Waals surface area contributed by atoms with E-state index in [1.807, 2.05) is 24.5 Å². The van der Waals surface area contributed by atoms with E-state index in [4.69, 9.17) is 11.6 Å². The second-order valence-electron chi connectivity index (χ2n) is 3.38. The molecule has 5 nitrogen and oxygen atoms in total. The molecular weight excluding hydrogens is 244 g/mol. The molecule has 0 heterocycles. The first kappa shape index (κ1) is 13.3. The maximum absolute atomic E-state index is 11.5. The summed E-state index contributed by atoms with van der Waals surface area (Å²) in [5, 5.41) is -0.868. The van der Waals surface area contributed by atoms with E-state index in [0.29, 0.717) is 5.56 Å². The molecule has 0 aliphatic carbocycles. The van der Waals surface area contributed by atoms with Crippen LogP contribution in [0.3, 0.4) is 0 Å². The van der Waals surface area contributed by atoms with Crippen LogP contribution in [0.15, 0.2) is 24.3 Å². The molecule has 0 saturated heterocycles. The van der Waals surface area contributed by atoms with Crippen LogP contribution in [-0.2, 0) is 9.53 Å². The van der Waals surface area contributed by atoms with Gasteiger partial charge in [-0.25, -0.2) is 10.2 Å². The number of benzene rings is 1. The molecule has 0 aliphatic rings. The first-order valence-electron chi connectivity index (χ1n) is 4.89. The van der Waals surface area contributed by atoms with E-state index in [0.717, 1.165) is 5.56 Å². The molecule has 0 fully saturated rings. The topological polar surface area (TPSA) is 67.4 Å². The lowest BCUT2D eigenvalue weighted by atomic mass is 10.1. The van der Waals surface area contributed by atoms with Gasteiger partial charge < -0.3 is 4.74 Å². The summed E-state index contributed by atoms with van der Waals surface area (Å²) < 4.78 is 4.29. The first-order valence-corrected chi connectivity index (χ1v) is 5.32. The minimum absolute atomic E-state index is 0.527. The molecule has 17 heavy (non-hydrogen) atoms. The fourth-order valence-corrected chi connectivity index (χ4v) is 1.31. The molecule has 0 radical (unpaired) electrons. The highest BCUT2D eigenvalue weighted by molar-refractivity contribution is 6.30. The van der Waals surface area contributed by atoms with Gasteiger partial charge in [0.25, 0.3) is 5.91 Å². The molecule has 0 bridgehead atoms. The van der Waals surface area contributed by atoms with Gasteiger partial charge in [0.2, 0.25) is 0 Å². The van der Waals surface area contributed by atoms with Crippen molar-refractivity contribution in [1.29, 1.82) is 0 Å². The van der Waals surface area contributed by atoms with Crippen LogP contribution in [0.2, 0.25) is 0 Å². The van der Waals surface area contributed by atoms with Crippen LogP contribution >= 0.6 is 11.6 Å². The van der Waals surface area contributed by atoms with Crippen LogP contribution in [0.5, 0.6) is 0 Å². The number of amides is 2. The number of nitrogens with one attached hydrogen (secondary N) is 2. The van der Waals surface area contributed by atoms with Gasteiger partial charge in [0.05, 0.1) is 7.11 Å². The van der Waals surface area contributed by atoms with E-state index in [2.05, 4.69) is 10.2 Å². The fourth-order valence-electron chi connectivity index (χ4n) is 1.11. The molecule has 2 N–H and O–H groups in total. The highest BCUT2D eigenvalue weighted by Gasteiger charge is 2.17. The smallest absolute Gasteiger partial charge is 0.425 e. The average Bonchev–Trinajstić information content (AvgIpc) is 2.35. The minimum atomic E-state index is -0.868. The number of hydrazine groups is 1. The van der Waals surface area contributed by atoms with Gasteiger partial charge in [0.15, 0.2) is 0 Å². The SMILES string of the molecule is COC(=O)NNC(=O)C(Cl)c1ccc(C)cc1. The number of carbonyl (C=O) groups is 2. The molecule has 1 rings (SSSR count). The molecule has 0 aromatic heterocycles. The molecule has 2 amide bonds. The van der Waals surface area contributed by atoms with Crippen LogP contribution in [0, 0.1) is 6.92 Å². The Morgan fingerprint density at radius 3 is 2.35 bits per heavy atom. The van der Waals surface area contributed by atoms with Crippen molar-refractivity contribution in [3.63, 3.8) is 0 Å². The molecule has 0 saturated carbocycles. The van der Waals surface area contributed by atoms with Gasteiger partial charge in [-0.3, -0.25) is 10.2 Å². The van der Waals surface area contributed by atoms with Crippen molar-refractivity contribution in [3.05, 3.63) is 35.4 Å². The molecule has 0 spiro atoms. The van der Waals surface area contributed by atoms with Crippen LogP contribution in [-0.4, -0.2) is 19.1 Å². The molecule has 1 atom stereocenters. The minimum Gasteiger partial charge on any atom is -0.452 e. The number of aryl methyl sites for hydroxylation is 1. The van der Waals surface area contributed by atoms with Crippen molar-refractivity contribution in [2.45, 2.75) is 12.3 Å². The quantitative estimate of drug-likeness (QED) is 0.625. The van der Waals surface area contributed by atoms with Crippen LogP contribution in [0.25, 0.3) is 0 Å². The van der Waals surface area contributed by atoms with Crippen LogP contribution in [0.1, 0.15) is 16.5 Å². The van der Waals surface area contributed by atoms with Crippen molar-refractivity contribution in [3.8, 4) is 0 Å². The second kappa shape index (κ2) is 6.10. The lowest BCUT2D eigenvalue weighted by molar-refractivity contribution is -0.121.